The van der Waals surface area contributed by atoms with Crippen molar-refractivity contribution in [1.29, 1.82) is 0 Å². The second kappa shape index (κ2) is 8.90. The number of amides is 1. The number of rotatable bonds is 8. The maximum atomic E-state index is 12.5. The number of benzene rings is 2. The van der Waals surface area contributed by atoms with E-state index in [9.17, 15) is 13.2 Å². The molecule has 27 heavy (non-hydrogen) atoms. The Morgan fingerprint density at radius 1 is 1.00 bits per heavy atom. The lowest BCUT2D eigenvalue weighted by atomic mass is 10.1. The summed E-state index contributed by atoms with van der Waals surface area (Å²) in [4.78, 5) is 12.3. The summed E-state index contributed by atoms with van der Waals surface area (Å²) in [6, 6.07) is 12.6. The van der Waals surface area contributed by atoms with Gasteiger partial charge in [0.25, 0.3) is 15.9 Å². The second-order valence-corrected chi connectivity index (χ2v) is 8.28. The zero-order valence-electron chi connectivity index (χ0n) is 16.0. The van der Waals surface area contributed by atoms with E-state index in [1.807, 2.05) is 27.7 Å². The number of hydrogen-bond acceptors (Lipinski definition) is 4. The fourth-order valence-electron chi connectivity index (χ4n) is 2.24. The minimum Gasteiger partial charge on any atom is -0.494 e. The summed E-state index contributed by atoms with van der Waals surface area (Å²) in [7, 11) is -3.71. The molecule has 0 aliphatic heterocycles. The van der Waals surface area contributed by atoms with Crippen LogP contribution in [0.5, 0.6) is 5.75 Å². The van der Waals surface area contributed by atoms with E-state index in [0.29, 0.717) is 29.5 Å². The van der Waals surface area contributed by atoms with Crippen LogP contribution in [0.25, 0.3) is 0 Å². The first-order valence-corrected chi connectivity index (χ1v) is 10.4. The molecule has 1 atom stereocenters. The Bertz CT molecular complexity index is 860. The van der Waals surface area contributed by atoms with Crippen LogP contribution in [0.3, 0.4) is 0 Å². The molecule has 0 heterocycles. The Kier molecular flexibility index (Phi) is 6.85. The lowest BCUT2D eigenvalue weighted by molar-refractivity contribution is 0.0930. The highest BCUT2D eigenvalue weighted by atomic mass is 32.2. The van der Waals surface area contributed by atoms with Crippen molar-refractivity contribution in [2.45, 2.75) is 38.6 Å². The van der Waals surface area contributed by atoms with E-state index >= 15 is 0 Å². The summed E-state index contributed by atoms with van der Waals surface area (Å²) >= 11 is 0. The molecule has 0 bridgehead atoms. The number of hydrogen-bond donors (Lipinski definition) is 2. The SMILES string of the molecule is CCOc1ccc(S(=O)(=O)Nc2ccc(C(=O)NC(C)C(C)C)cc2)cc1. The maximum Gasteiger partial charge on any atom is 0.261 e. The fraction of sp³-hybridized carbons (Fsp3) is 0.350. The average Bonchev–Trinajstić information content (AvgIpc) is 2.62. The highest BCUT2D eigenvalue weighted by Gasteiger charge is 2.16. The van der Waals surface area contributed by atoms with Crippen molar-refractivity contribution in [3.8, 4) is 5.75 Å². The van der Waals surface area contributed by atoms with Crippen molar-refractivity contribution in [2.24, 2.45) is 5.92 Å². The second-order valence-electron chi connectivity index (χ2n) is 6.59. The standard InChI is InChI=1S/C20H26N2O4S/c1-5-26-18-10-12-19(13-11-18)27(24,25)22-17-8-6-16(7-9-17)20(23)21-15(4)14(2)3/h6-15,22H,5H2,1-4H3,(H,21,23). The molecule has 2 rings (SSSR count). The van der Waals surface area contributed by atoms with Crippen LogP contribution in [0.15, 0.2) is 53.4 Å². The Balaban J connectivity index is 2.07. The monoisotopic (exact) mass is 390 g/mol. The van der Waals surface area contributed by atoms with E-state index in [1.165, 1.54) is 12.1 Å². The summed E-state index contributed by atoms with van der Waals surface area (Å²) < 4.78 is 32.8. The number of carbonyl (C=O) groups excluding carboxylic acids is 1. The maximum absolute atomic E-state index is 12.5. The molecule has 7 heteroatoms. The van der Waals surface area contributed by atoms with Crippen LogP contribution < -0.4 is 14.8 Å². The smallest absolute Gasteiger partial charge is 0.261 e. The van der Waals surface area contributed by atoms with Crippen molar-refractivity contribution < 1.29 is 17.9 Å². The number of anilines is 1. The first-order chi connectivity index (χ1) is 12.7. The van der Waals surface area contributed by atoms with Gasteiger partial charge in [-0.25, -0.2) is 8.42 Å². The molecule has 146 valence electrons. The van der Waals surface area contributed by atoms with Gasteiger partial charge in [-0.15, -0.1) is 0 Å². The lowest BCUT2D eigenvalue weighted by Gasteiger charge is -2.17. The van der Waals surface area contributed by atoms with Crippen LogP contribution in [-0.4, -0.2) is 27.0 Å². The van der Waals surface area contributed by atoms with Crippen molar-refractivity contribution in [1.82, 2.24) is 5.32 Å². The van der Waals surface area contributed by atoms with Crippen LogP contribution >= 0.6 is 0 Å². The van der Waals surface area contributed by atoms with Crippen LogP contribution in [0.1, 0.15) is 38.1 Å². The minimum atomic E-state index is -3.71. The quantitative estimate of drug-likeness (QED) is 0.720. The van der Waals surface area contributed by atoms with Crippen molar-refractivity contribution in [2.75, 3.05) is 11.3 Å². The molecule has 0 saturated carbocycles. The molecule has 2 aromatic rings. The normalized spacial score (nSPS) is 12.5. The molecule has 0 aromatic heterocycles. The van der Waals surface area contributed by atoms with E-state index < -0.39 is 10.0 Å². The van der Waals surface area contributed by atoms with E-state index in [4.69, 9.17) is 4.74 Å². The Morgan fingerprint density at radius 2 is 1.59 bits per heavy atom. The van der Waals surface area contributed by atoms with Crippen LogP contribution in [0.2, 0.25) is 0 Å². The van der Waals surface area contributed by atoms with Gasteiger partial charge in [0.2, 0.25) is 0 Å². The Labute approximate surface area is 161 Å². The molecule has 0 spiro atoms. The lowest BCUT2D eigenvalue weighted by Crippen LogP contribution is -2.36. The molecule has 0 radical (unpaired) electrons. The van der Waals surface area contributed by atoms with E-state index in [-0.39, 0.29) is 16.8 Å². The fourth-order valence-corrected chi connectivity index (χ4v) is 3.30. The predicted octanol–water partition coefficient (Wildman–Crippen LogP) is 3.66. The Morgan fingerprint density at radius 3 is 2.11 bits per heavy atom. The molecule has 1 unspecified atom stereocenters. The third kappa shape index (κ3) is 5.72. The first-order valence-electron chi connectivity index (χ1n) is 8.89. The van der Waals surface area contributed by atoms with Gasteiger partial charge in [-0.05, 0) is 68.3 Å². The van der Waals surface area contributed by atoms with E-state index in [1.54, 1.807) is 36.4 Å². The van der Waals surface area contributed by atoms with Crippen molar-refractivity contribution >= 4 is 21.6 Å². The van der Waals surface area contributed by atoms with Gasteiger partial charge in [0.15, 0.2) is 0 Å². The minimum absolute atomic E-state index is 0.0512. The third-order valence-corrected chi connectivity index (χ3v) is 5.60. The Hall–Kier alpha value is -2.54. The van der Waals surface area contributed by atoms with Gasteiger partial charge in [-0.2, -0.15) is 0 Å². The molecular weight excluding hydrogens is 364 g/mol. The zero-order chi connectivity index (χ0) is 20.0. The number of carbonyl (C=O) groups is 1. The van der Waals surface area contributed by atoms with Crippen LogP contribution in [0, 0.1) is 5.92 Å². The van der Waals surface area contributed by atoms with Gasteiger partial charge >= 0.3 is 0 Å². The number of ether oxygens (including phenoxy) is 1. The van der Waals surface area contributed by atoms with Crippen LogP contribution in [-0.2, 0) is 10.0 Å². The topological polar surface area (TPSA) is 84.5 Å². The molecule has 0 aliphatic rings. The zero-order valence-corrected chi connectivity index (χ0v) is 16.8. The molecule has 2 aromatic carbocycles. The summed E-state index contributed by atoms with van der Waals surface area (Å²) in [5, 5.41) is 2.92. The summed E-state index contributed by atoms with van der Waals surface area (Å²) in [5.41, 5.74) is 0.865. The van der Waals surface area contributed by atoms with Gasteiger partial charge in [-0.1, -0.05) is 13.8 Å². The molecule has 0 aliphatic carbocycles. The number of nitrogens with one attached hydrogen (secondary N) is 2. The van der Waals surface area contributed by atoms with Gasteiger partial charge in [0.05, 0.1) is 11.5 Å². The van der Waals surface area contributed by atoms with Gasteiger partial charge in [0.1, 0.15) is 5.75 Å². The highest BCUT2D eigenvalue weighted by molar-refractivity contribution is 7.92. The third-order valence-electron chi connectivity index (χ3n) is 4.20. The highest BCUT2D eigenvalue weighted by Crippen LogP contribution is 2.20. The molecule has 2 N–H and O–H groups in total. The number of sulfonamides is 1. The van der Waals surface area contributed by atoms with E-state index in [2.05, 4.69) is 10.0 Å². The summed E-state index contributed by atoms with van der Waals surface area (Å²) in [5.74, 6) is 0.758. The molecule has 0 fully saturated rings. The largest absolute Gasteiger partial charge is 0.494 e. The molecule has 6 nitrogen and oxygen atoms in total. The van der Waals surface area contributed by atoms with Gasteiger partial charge in [-0.3, -0.25) is 9.52 Å². The average molecular weight is 391 g/mol. The summed E-state index contributed by atoms with van der Waals surface area (Å²) in [6.07, 6.45) is 0. The van der Waals surface area contributed by atoms with Crippen LogP contribution in [0.4, 0.5) is 5.69 Å². The molecule has 0 saturated heterocycles. The van der Waals surface area contributed by atoms with Gasteiger partial charge in [0, 0.05) is 17.3 Å². The first kappa shape index (κ1) is 20.8. The predicted molar refractivity (Wildman–Crippen MR) is 107 cm³/mol. The van der Waals surface area contributed by atoms with Crippen molar-refractivity contribution in [3.05, 3.63) is 54.1 Å². The van der Waals surface area contributed by atoms with Gasteiger partial charge < -0.3 is 10.1 Å². The van der Waals surface area contributed by atoms with Crippen molar-refractivity contribution in [3.63, 3.8) is 0 Å². The molecule has 1 amide bonds. The molecular formula is C20H26N2O4S. The van der Waals surface area contributed by atoms with E-state index in [0.717, 1.165) is 0 Å². The summed E-state index contributed by atoms with van der Waals surface area (Å²) in [6.45, 7) is 8.38.